The third kappa shape index (κ3) is 8.33. The number of carbonyl (C=O) groups excluding carboxylic acids is 4. The number of carbonyl (C=O) groups is 4. The van der Waals surface area contributed by atoms with Crippen molar-refractivity contribution < 1.29 is 23.9 Å². The van der Waals surface area contributed by atoms with Gasteiger partial charge >= 0.3 is 6.09 Å². The van der Waals surface area contributed by atoms with Crippen LogP contribution in [0.15, 0.2) is 158 Å². The summed E-state index contributed by atoms with van der Waals surface area (Å²) in [5, 5.41) is 12.1. The number of nitrogens with one attached hydrogen (secondary N) is 4. The molecule has 300 valence electrons. The topological polar surface area (TPSA) is 126 Å². The van der Waals surface area contributed by atoms with Gasteiger partial charge in [-0.2, -0.15) is 0 Å². The van der Waals surface area contributed by atoms with Gasteiger partial charge < -0.3 is 26.0 Å². The van der Waals surface area contributed by atoms with Gasteiger partial charge in [-0.1, -0.05) is 154 Å². The van der Waals surface area contributed by atoms with E-state index in [1.165, 1.54) is 0 Å². The normalized spacial score (nSPS) is 15.7. The van der Waals surface area contributed by atoms with Gasteiger partial charge in [-0.3, -0.25) is 14.4 Å². The number of rotatable bonds is 12. The van der Waals surface area contributed by atoms with Crippen molar-refractivity contribution in [1.29, 1.82) is 0 Å². The highest BCUT2D eigenvalue weighted by molar-refractivity contribution is 6.11. The van der Waals surface area contributed by atoms with Crippen molar-refractivity contribution in [2.45, 2.75) is 44.7 Å². The lowest BCUT2D eigenvalue weighted by molar-refractivity contribution is -0.118. The minimum absolute atomic E-state index is 0.0912. The molecule has 0 bridgehead atoms. The third-order valence-electron chi connectivity index (χ3n) is 11.5. The Labute approximate surface area is 349 Å². The standard InChI is InChI=1S/C51H46N4O5/c1-3-32(2)48-42(38-23-11-12-26-41(38)49(57)55-48)30-47(56)52-44-27-15-13-24-39(44)40-25-14-16-28-45(40)53-50(58)46(29-33-17-5-4-6-18-33)54-51(59)60-31-43-36-21-9-7-19-34(36)35-20-8-10-22-37(35)43/h4-28,30,32,43,46,48H,3,29,31H2,1-2H3,(H,52,56)(H,53,58)(H,54,59)(H,55,57)/t32-,46-,48-/m0/s1. The lowest BCUT2D eigenvalue weighted by Gasteiger charge is -2.32. The molecule has 3 atom stereocenters. The summed E-state index contributed by atoms with van der Waals surface area (Å²) >= 11 is 0. The number of ether oxygens (including phenoxy) is 1. The predicted molar refractivity (Wildman–Crippen MR) is 236 cm³/mol. The first-order valence-electron chi connectivity index (χ1n) is 20.4. The number of anilines is 2. The van der Waals surface area contributed by atoms with E-state index in [0.29, 0.717) is 28.1 Å². The molecule has 0 unspecified atom stereocenters. The van der Waals surface area contributed by atoms with E-state index in [1.807, 2.05) is 115 Å². The second-order valence-electron chi connectivity index (χ2n) is 15.3. The van der Waals surface area contributed by atoms with Crippen molar-refractivity contribution in [2.75, 3.05) is 17.2 Å². The van der Waals surface area contributed by atoms with E-state index in [1.54, 1.807) is 18.2 Å². The molecule has 4 N–H and O–H groups in total. The van der Waals surface area contributed by atoms with Crippen LogP contribution in [0, 0.1) is 5.92 Å². The molecule has 1 heterocycles. The smallest absolute Gasteiger partial charge is 0.407 e. The first kappa shape index (κ1) is 39.6. The van der Waals surface area contributed by atoms with E-state index in [0.717, 1.165) is 45.4 Å². The van der Waals surface area contributed by atoms with E-state index in [2.05, 4.69) is 59.4 Å². The maximum atomic E-state index is 14.3. The number of hydrogen-bond acceptors (Lipinski definition) is 5. The van der Waals surface area contributed by atoms with Crippen molar-refractivity contribution in [3.05, 3.63) is 186 Å². The van der Waals surface area contributed by atoms with Gasteiger partial charge in [-0.25, -0.2) is 4.79 Å². The fourth-order valence-electron chi connectivity index (χ4n) is 8.27. The first-order valence-corrected chi connectivity index (χ1v) is 20.4. The number of benzene rings is 6. The summed E-state index contributed by atoms with van der Waals surface area (Å²) in [5.41, 5.74) is 9.69. The van der Waals surface area contributed by atoms with Crippen LogP contribution in [0.25, 0.3) is 27.8 Å². The lowest BCUT2D eigenvalue weighted by atomic mass is 9.82. The maximum absolute atomic E-state index is 14.3. The molecule has 9 nitrogen and oxygen atoms in total. The summed E-state index contributed by atoms with van der Waals surface area (Å²) in [7, 11) is 0. The van der Waals surface area contributed by atoms with Gasteiger partial charge in [0, 0.05) is 46.5 Å². The van der Waals surface area contributed by atoms with Crippen molar-refractivity contribution in [3.63, 3.8) is 0 Å². The molecule has 0 saturated heterocycles. The average Bonchev–Trinajstić information content (AvgIpc) is 3.60. The van der Waals surface area contributed by atoms with E-state index >= 15 is 0 Å². The molecule has 2 aliphatic rings. The Hall–Kier alpha value is -7.26. The molecule has 0 aromatic heterocycles. The molecular weight excluding hydrogens is 749 g/mol. The second kappa shape index (κ2) is 17.7. The van der Waals surface area contributed by atoms with Gasteiger partial charge in [-0.15, -0.1) is 0 Å². The van der Waals surface area contributed by atoms with Crippen molar-refractivity contribution in [1.82, 2.24) is 10.6 Å². The van der Waals surface area contributed by atoms with Crippen LogP contribution >= 0.6 is 0 Å². The molecule has 0 saturated carbocycles. The Morgan fingerprint density at radius 2 is 1.17 bits per heavy atom. The molecule has 6 aromatic rings. The van der Waals surface area contributed by atoms with Crippen LogP contribution < -0.4 is 21.3 Å². The average molecular weight is 795 g/mol. The van der Waals surface area contributed by atoms with E-state index in [4.69, 9.17) is 4.74 Å². The Bertz CT molecular complexity index is 2560. The molecule has 0 radical (unpaired) electrons. The van der Waals surface area contributed by atoms with Gasteiger partial charge in [0.1, 0.15) is 12.6 Å². The molecule has 4 amide bonds. The zero-order valence-electron chi connectivity index (χ0n) is 33.5. The molecule has 9 heteroatoms. The highest BCUT2D eigenvalue weighted by atomic mass is 16.5. The van der Waals surface area contributed by atoms with E-state index < -0.39 is 18.0 Å². The molecule has 60 heavy (non-hydrogen) atoms. The second-order valence-corrected chi connectivity index (χ2v) is 15.3. The minimum atomic E-state index is -0.977. The largest absolute Gasteiger partial charge is 0.449 e. The zero-order valence-corrected chi connectivity index (χ0v) is 33.5. The Balaban J connectivity index is 1.02. The predicted octanol–water partition coefficient (Wildman–Crippen LogP) is 9.62. The van der Waals surface area contributed by atoms with Crippen LogP contribution in [-0.4, -0.2) is 42.5 Å². The SMILES string of the molecule is CC[C@H](C)[C@@H]1NC(=O)c2ccccc2C1=CC(=O)Nc1ccccc1-c1ccccc1NC(=O)[C@H](Cc1ccccc1)NC(=O)OCC1c2ccccc2-c2ccccc21. The van der Waals surface area contributed by atoms with Gasteiger partial charge in [0.2, 0.25) is 11.8 Å². The summed E-state index contributed by atoms with van der Waals surface area (Å²) in [6.45, 7) is 4.23. The molecule has 6 aromatic carbocycles. The van der Waals surface area contributed by atoms with E-state index in [-0.39, 0.29) is 42.7 Å². The third-order valence-corrected chi connectivity index (χ3v) is 11.5. The molecule has 0 fully saturated rings. The Morgan fingerprint density at radius 1 is 0.650 bits per heavy atom. The number of hydrogen-bond donors (Lipinski definition) is 4. The van der Waals surface area contributed by atoms with Gasteiger partial charge in [0.15, 0.2) is 0 Å². The monoisotopic (exact) mass is 794 g/mol. The van der Waals surface area contributed by atoms with Crippen molar-refractivity contribution >= 4 is 40.8 Å². The quantitative estimate of drug-likeness (QED) is 0.0919. The fraction of sp³-hybridized carbons (Fsp3) is 0.176. The van der Waals surface area contributed by atoms with Gasteiger partial charge in [0.05, 0.1) is 6.04 Å². The van der Waals surface area contributed by atoms with Crippen LogP contribution in [0.2, 0.25) is 0 Å². The van der Waals surface area contributed by atoms with Crippen LogP contribution in [0.4, 0.5) is 16.2 Å². The number of para-hydroxylation sites is 2. The Morgan fingerprint density at radius 3 is 1.78 bits per heavy atom. The van der Waals surface area contributed by atoms with Crippen LogP contribution in [0.1, 0.15) is 58.8 Å². The highest BCUT2D eigenvalue weighted by Gasteiger charge is 2.33. The lowest BCUT2D eigenvalue weighted by Crippen LogP contribution is -2.45. The number of fused-ring (bicyclic) bond motifs is 4. The van der Waals surface area contributed by atoms with E-state index in [9.17, 15) is 19.2 Å². The Kier molecular flexibility index (Phi) is 11.7. The van der Waals surface area contributed by atoms with Crippen LogP contribution in [0.5, 0.6) is 0 Å². The summed E-state index contributed by atoms with van der Waals surface area (Å²) in [6.07, 6.45) is 1.91. The van der Waals surface area contributed by atoms with Crippen molar-refractivity contribution in [3.8, 4) is 22.3 Å². The molecule has 1 aliphatic carbocycles. The molecule has 1 aliphatic heterocycles. The number of alkyl carbamates (subject to hydrolysis) is 1. The van der Waals surface area contributed by atoms with Crippen LogP contribution in [-0.2, 0) is 20.7 Å². The van der Waals surface area contributed by atoms with Gasteiger partial charge in [0.25, 0.3) is 5.91 Å². The summed E-state index contributed by atoms with van der Waals surface area (Å²) in [4.78, 5) is 54.7. The molecule has 0 spiro atoms. The van der Waals surface area contributed by atoms with Gasteiger partial charge in [-0.05, 0) is 63.1 Å². The minimum Gasteiger partial charge on any atom is -0.449 e. The maximum Gasteiger partial charge on any atom is 0.407 e. The fourth-order valence-corrected chi connectivity index (χ4v) is 8.27. The highest BCUT2D eigenvalue weighted by Crippen LogP contribution is 2.44. The summed E-state index contributed by atoms with van der Waals surface area (Å²) < 4.78 is 5.86. The summed E-state index contributed by atoms with van der Waals surface area (Å²) in [5.74, 6) is -0.979. The zero-order chi connectivity index (χ0) is 41.6. The van der Waals surface area contributed by atoms with Crippen LogP contribution in [0.3, 0.4) is 0 Å². The number of amides is 4. The first-order chi connectivity index (χ1) is 29.3. The summed E-state index contributed by atoms with van der Waals surface area (Å²) in [6, 6.07) is 46.5. The molecular formula is C51H46N4O5. The van der Waals surface area contributed by atoms with Crippen molar-refractivity contribution in [2.24, 2.45) is 5.92 Å². The molecule has 8 rings (SSSR count).